The van der Waals surface area contributed by atoms with Crippen LogP contribution in [0, 0.1) is 11.6 Å². The lowest BCUT2D eigenvalue weighted by Crippen LogP contribution is -2.38. The third kappa shape index (κ3) is 3.71. The minimum Gasteiger partial charge on any atom is -0.382 e. The lowest BCUT2D eigenvalue weighted by molar-refractivity contribution is -0.0307. The van der Waals surface area contributed by atoms with Crippen molar-refractivity contribution in [2.45, 2.75) is 18.4 Å². The summed E-state index contributed by atoms with van der Waals surface area (Å²) < 4.78 is 57.7. The van der Waals surface area contributed by atoms with Crippen LogP contribution in [0.15, 0.2) is 35.3 Å². The lowest BCUT2D eigenvalue weighted by atomic mass is 9.91. The van der Waals surface area contributed by atoms with Gasteiger partial charge in [0, 0.05) is 37.4 Å². The van der Waals surface area contributed by atoms with E-state index in [2.05, 4.69) is 15.3 Å². The minimum atomic E-state index is -2.65. The van der Waals surface area contributed by atoms with Crippen molar-refractivity contribution in [3.8, 4) is 16.9 Å². The Morgan fingerprint density at radius 2 is 1.89 bits per heavy atom. The maximum absolute atomic E-state index is 14.6. The first-order chi connectivity index (χ1) is 16.6. The predicted octanol–water partition coefficient (Wildman–Crippen LogP) is 3.36. The summed E-state index contributed by atoms with van der Waals surface area (Å²) in [7, 11) is 0.623. The van der Waals surface area contributed by atoms with Crippen LogP contribution in [0.5, 0.6) is 0 Å². The number of para-hydroxylation sites is 1. The number of nitrogens with two attached hydrogens (primary N) is 1. The molecular weight excluding hydrogens is 482 g/mol. The zero-order chi connectivity index (χ0) is 25.1. The molecule has 0 saturated carbocycles. The van der Waals surface area contributed by atoms with Gasteiger partial charge in [-0.3, -0.25) is 28.2 Å². The average Bonchev–Trinajstić information content (AvgIpc) is 3.39. The molecule has 1 saturated heterocycles. The molecule has 13 heteroatoms. The molecule has 1 fully saturated rings. The molecule has 3 aromatic heterocycles. The molecule has 10 nitrogen and oxygen atoms in total. The summed E-state index contributed by atoms with van der Waals surface area (Å²) in [5.41, 5.74) is 5.54. The molecule has 5 rings (SSSR count). The number of aromatic nitrogens is 5. The van der Waals surface area contributed by atoms with Crippen LogP contribution in [0.2, 0.25) is 0 Å². The summed E-state index contributed by atoms with van der Waals surface area (Å²) in [4.78, 5) is 13.2. The van der Waals surface area contributed by atoms with Crippen LogP contribution in [0.25, 0.3) is 27.8 Å². The zero-order valence-corrected chi connectivity index (χ0v) is 19.8. The number of aromatic amines is 1. The number of ether oxygens (including phenoxy) is 1. The largest absolute Gasteiger partial charge is 0.382 e. The van der Waals surface area contributed by atoms with Gasteiger partial charge in [0.25, 0.3) is 5.56 Å². The number of hydrogen-bond donors (Lipinski definition) is 4. The third-order valence-corrected chi connectivity index (χ3v) is 8.33. The first-order valence-electron chi connectivity index (χ1n) is 10.7. The zero-order valence-electron chi connectivity index (χ0n) is 19.0. The first-order valence-corrected chi connectivity index (χ1v) is 12.6. The standard InChI is InChI=1S/C22H24F2N6O4S/c1-29-16(22(34-2)6-8-35(32,33)9-7-22)10-15(28-29)12-11-30(19-13(23)4-3-5-14(19)24)21(31)17-18(12)26-27-20(17)25/h3-5,10-11,32-33H,6-9H2,1-2H3,(H3,25,26,27). The summed E-state index contributed by atoms with van der Waals surface area (Å²) in [6.07, 6.45) is 2.04. The van der Waals surface area contributed by atoms with Gasteiger partial charge in [-0.1, -0.05) is 6.07 Å². The predicted molar refractivity (Wildman–Crippen MR) is 129 cm³/mol. The third-order valence-electron chi connectivity index (χ3n) is 6.61. The van der Waals surface area contributed by atoms with E-state index in [0.29, 0.717) is 29.8 Å². The van der Waals surface area contributed by atoms with Crippen LogP contribution in [-0.4, -0.2) is 52.3 Å². The Kier molecular flexibility index (Phi) is 5.47. The summed E-state index contributed by atoms with van der Waals surface area (Å²) in [6.45, 7) is 0. The number of nitrogen functional groups attached to an aromatic ring is 1. The van der Waals surface area contributed by atoms with Gasteiger partial charge < -0.3 is 10.5 Å². The van der Waals surface area contributed by atoms with Crippen LogP contribution in [0.1, 0.15) is 18.5 Å². The minimum absolute atomic E-state index is 0.0228. The smallest absolute Gasteiger partial charge is 0.268 e. The Bertz CT molecular complexity index is 1480. The number of nitrogens with one attached hydrogen (secondary N) is 1. The number of rotatable bonds is 4. The maximum atomic E-state index is 14.6. The fourth-order valence-electron chi connectivity index (χ4n) is 4.69. The molecule has 0 aliphatic carbocycles. The molecule has 0 atom stereocenters. The molecule has 0 bridgehead atoms. The molecule has 5 N–H and O–H groups in total. The summed E-state index contributed by atoms with van der Waals surface area (Å²) >= 11 is 0. The summed E-state index contributed by atoms with van der Waals surface area (Å²) in [5.74, 6) is -1.55. The van der Waals surface area contributed by atoms with Gasteiger partial charge in [-0.25, -0.2) is 8.78 Å². The number of fused-ring (bicyclic) bond motifs is 1. The monoisotopic (exact) mass is 506 g/mol. The van der Waals surface area contributed by atoms with Crippen LogP contribution >= 0.6 is 10.6 Å². The molecule has 4 heterocycles. The molecule has 186 valence electrons. The molecule has 0 amide bonds. The molecule has 0 spiro atoms. The van der Waals surface area contributed by atoms with Crippen molar-refractivity contribution in [1.82, 2.24) is 24.5 Å². The van der Waals surface area contributed by atoms with Crippen LogP contribution in [-0.2, 0) is 17.4 Å². The highest BCUT2D eigenvalue weighted by molar-refractivity contribution is 8.24. The van der Waals surface area contributed by atoms with Gasteiger partial charge >= 0.3 is 0 Å². The van der Waals surface area contributed by atoms with Crippen molar-refractivity contribution in [1.29, 1.82) is 0 Å². The topological polar surface area (TPSA) is 144 Å². The number of nitrogens with zero attached hydrogens (tertiary/aromatic N) is 4. The van der Waals surface area contributed by atoms with Crippen LogP contribution < -0.4 is 11.3 Å². The van der Waals surface area contributed by atoms with Crippen molar-refractivity contribution < 1.29 is 22.6 Å². The van der Waals surface area contributed by atoms with Crippen molar-refractivity contribution >= 4 is 27.3 Å². The molecule has 1 aliphatic rings. The second-order valence-electron chi connectivity index (χ2n) is 8.59. The van der Waals surface area contributed by atoms with E-state index in [9.17, 15) is 22.7 Å². The second kappa shape index (κ2) is 8.16. The Morgan fingerprint density at radius 3 is 2.51 bits per heavy atom. The molecule has 1 aliphatic heterocycles. The van der Waals surface area contributed by atoms with E-state index >= 15 is 0 Å². The van der Waals surface area contributed by atoms with E-state index in [1.54, 1.807) is 24.9 Å². The molecule has 0 unspecified atom stereocenters. The number of halogens is 2. The van der Waals surface area contributed by atoms with E-state index in [-0.39, 0.29) is 28.2 Å². The van der Waals surface area contributed by atoms with Gasteiger partial charge in [-0.15, -0.1) is 0 Å². The van der Waals surface area contributed by atoms with Crippen molar-refractivity contribution in [2.24, 2.45) is 7.05 Å². The fourth-order valence-corrected chi connectivity index (χ4v) is 6.21. The van der Waals surface area contributed by atoms with E-state index < -0.39 is 39.1 Å². The summed E-state index contributed by atoms with van der Waals surface area (Å²) in [6, 6.07) is 5.07. The number of anilines is 1. The van der Waals surface area contributed by atoms with Crippen molar-refractivity contribution in [3.05, 3.63) is 58.1 Å². The van der Waals surface area contributed by atoms with E-state index in [0.717, 1.165) is 16.7 Å². The number of aryl methyl sites for hydroxylation is 1. The number of hydrogen-bond acceptors (Lipinski definition) is 7. The second-order valence-corrected chi connectivity index (χ2v) is 11.0. The maximum Gasteiger partial charge on any atom is 0.268 e. The Hall–Kier alpha value is -3.26. The molecule has 1 aromatic carbocycles. The molecular formula is C22H24F2N6O4S. The van der Waals surface area contributed by atoms with E-state index in [1.165, 1.54) is 12.3 Å². The number of H-pyrrole nitrogens is 1. The average molecular weight is 507 g/mol. The van der Waals surface area contributed by atoms with Crippen LogP contribution in [0.3, 0.4) is 0 Å². The highest BCUT2D eigenvalue weighted by Crippen LogP contribution is 2.51. The molecule has 0 radical (unpaired) electrons. The van der Waals surface area contributed by atoms with Crippen molar-refractivity contribution in [2.75, 3.05) is 24.3 Å². The Balaban J connectivity index is 1.72. The number of benzene rings is 1. The van der Waals surface area contributed by atoms with Gasteiger partial charge in [0.2, 0.25) is 0 Å². The highest BCUT2D eigenvalue weighted by atomic mass is 32.3. The van der Waals surface area contributed by atoms with Crippen molar-refractivity contribution in [3.63, 3.8) is 0 Å². The van der Waals surface area contributed by atoms with Gasteiger partial charge in [0.05, 0.1) is 16.9 Å². The molecule has 4 aromatic rings. The van der Waals surface area contributed by atoms with Gasteiger partial charge in [-0.2, -0.15) is 20.8 Å². The normalized spacial score (nSPS) is 18.1. The fraction of sp³-hybridized carbons (Fsp3) is 0.318. The Labute approximate surface area is 199 Å². The lowest BCUT2D eigenvalue weighted by Gasteiger charge is -2.45. The van der Waals surface area contributed by atoms with Gasteiger partial charge in [0.15, 0.2) is 5.82 Å². The van der Waals surface area contributed by atoms with Crippen LogP contribution in [0.4, 0.5) is 14.6 Å². The summed E-state index contributed by atoms with van der Waals surface area (Å²) in [5, 5.41) is 11.2. The van der Waals surface area contributed by atoms with E-state index in [4.69, 9.17) is 10.5 Å². The van der Waals surface area contributed by atoms with Gasteiger partial charge in [0.1, 0.15) is 28.3 Å². The van der Waals surface area contributed by atoms with Gasteiger partial charge in [-0.05, 0) is 31.0 Å². The van der Waals surface area contributed by atoms with E-state index in [1.807, 2.05) is 0 Å². The number of methoxy groups -OCH3 is 1. The SMILES string of the molecule is COC1(c2cc(-c3cn(-c4c(F)cccc4F)c(=O)c4c(N)n[nH]c34)nn2C)CCS(O)(O)CC1. The number of pyridine rings is 1. The first kappa shape index (κ1) is 23.5. The Morgan fingerprint density at radius 1 is 1.23 bits per heavy atom. The quantitative estimate of drug-likeness (QED) is 0.332. The highest BCUT2D eigenvalue weighted by Gasteiger charge is 2.41. The molecule has 35 heavy (non-hydrogen) atoms.